The van der Waals surface area contributed by atoms with Crippen molar-refractivity contribution in [2.24, 2.45) is 7.05 Å². The maximum Gasteiger partial charge on any atom is 0.330 e. The van der Waals surface area contributed by atoms with Crippen LogP contribution in [0.1, 0.15) is 18.9 Å². The van der Waals surface area contributed by atoms with Crippen LogP contribution in [0.2, 0.25) is 0 Å². The van der Waals surface area contributed by atoms with Gasteiger partial charge in [0.15, 0.2) is 5.52 Å². The van der Waals surface area contributed by atoms with Crippen LogP contribution < -0.4 is 15.0 Å². The Hall–Kier alpha value is -3.75. The fourth-order valence-corrected chi connectivity index (χ4v) is 2.65. The Morgan fingerprint density at radius 1 is 1.14 bits per heavy atom. The molecule has 0 atom stereocenters. The third-order valence-corrected chi connectivity index (χ3v) is 4.05. The van der Waals surface area contributed by atoms with Gasteiger partial charge in [0, 0.05) is 24.7 Å². The van der Waals surface area contributed by atoms with Gasteiger partial charge in [0.1, 0.15) is 0 Å². The zero-order valence-electron chi connectivity index (χ0n) is 16.2. The zero-order valence-corrected chi connectivity index (χ0v) is 16.2. The molecule has 4 aromatic rings. The molecule has 0 saturated carbocycles. The average molecular weight is 393 g/mol. The van der Waals surface area contributed by atoms with Crippen LogP contribution in [0.25, 0.3) is 22.7 Å². The molecule has 3 aromatic heterocycles. The predicted octanol–water partition coefficient (Wildman–Crippen LogP) is 3.27. The largest absolute Gasteiger partial charge is 0.476 e. The number of oxazole rings is 1. The first-order chi connectivity index (χ1) is 14.0. The Morgan fingerprint density at radius 2 is 2.00 bits per heavy atom. The Labute approximate surface area is 166 Å². The van der Waals surface area contributed by atoms with E-state index < -0.39 is 0 Å². The van der Waals surface area contributed by atoms with Gasteiger partial charge in [-0.2, -0.15) is 9.97 Å². The third kappa shape index (κ3) is 3.93. The maximum atomic E-state index is 11.5. The van der Waals surface area contributed by atoms with Crippen LogP contribution in [0.4, 0.5) is 0 Å². The highest BCUT2D eigenvalue weighted by atomic mass is 16.5. The number of aromatic nitrogens is 5. The van der Waals surface area contributed by atoms with E-state index in [-0.39, 0.29) is 29.0 Å². The summed E-state index contributed by atoms with van der Waals surface area (Å²) in [6.07, 6.45) is 0.798. The van der Waals surface area contributed by atoms with Gasteiger partial charge in [-0.25, -0.2) is 9.67 Å². The molecule has 0 spiro atoms. The van der Waals surface area contributed by atoms with Crippen LogP contribution in [-0.2, 0) is 7.05 Å². The normalized spacial score (nSPS) is 11.0. The molecule has 148 valence electrons. The van der Waals surface area contributed by atoms with E-state index >= 15 is 0 Å². The number of ether oxygens (including phenoxy) is 2. The number of hydrogen-bond donors (Lipinski definition) is 0. The van der Waals surface area contributed by atoms with Gasteiger partial charge in [0.25, 0.3) is 17.2 Å². The lowest BCUT2D eigenvalue weighted by Gasteiger charge is -2.06. The van der Waals surface area contributed by atoms with Crippen LogP contribution in [0, 0.1) is 6.92 Å². The lowest BCUT2D eigenvalue weighted by atomic mass is 10.1. The Balaban J connectivity index is 1.77. The molecule has 0 bridgehead atoms. The summed E-state index contributed by atoms with van der Waals surface area (Å²) in [4.78, 5) is 24.6. The number of rotatable bonds is 6. The summed E-state index contributed by atoms with van der Waals surface area (Å²) in [7, 11) is 1.53. The first kappa shape index (κ1) is 18.6. The van der Waals surface area contributed by atoms with E-state index in [4.69, 9.17) is 13.9 Å². The molecule has 3 heterocycles. The number of nitrogens with zero attached hydrogens (tertiary/aromatic N) is 5. The second-order valence-electron chi connectivity index (χ2n) is 6.44. The first-order valence-corrected chi connectivity index (χ1v) is 9.14. The van der Waals surface area contributed by atoms with Crippen molar-refractivity contribution < 1.29 is 13.9 Å². The smallest absolute Gasteiger partial charge is 0.330 e. The van der Waals surface area contributed by atoms with E-state index in [1.165, 1.54) is 19.2 Å². The monoisotopic (exact) mass is 393 g/mol. The molecule has 0 N–H and O–H groups in total. The fraction of sp³-hybridized carbons (Fsp3) is 0.250. The van der Waals surface area contributed by atoms with Crippen LogP contribution >= 0.6 is 0 Å². The fourth-order valence-electron chi connectivity index (χ4n) is 2.65. The molecule has 9 nitrogen and oxygen atoms in total. The molecule has 0 saturated heterocycles. The Bertz CT molecular complexity index is 1230. The molecular formula is C20H19N5O4. The van der Waals surface area contributed by atoms with Gasteiger partial charge in [0.05, 0.1) is 6.61 Å². The van der Waals surface area contributed by atoms with Crippen LogP contribution in [0.15, 0.2) is 45.6 Å². The molecule has 0 aliphatic heterocycles. The molecule has 0 fully saturated rings. The van der Waals surface area contributed by atoms with E-state index in [1.807, 2.05) is 38.1 Å². The minimum absolute atomic E-state index is 0.0123. The molecule has 0 radical (unpaired) electrons. The molecule has 0 amide bonds. The van der Waals surface area contributed by atoms with Gasteiger partial charge in [-0.1, -0.05) is 24.6 Å². The number of aryl methyl sites for hydroxylation is 2. The molecule has 9 heteroatoms. The summed E-state index contributed by atoms with van der Waals surface area (Å²) in [6.45, 7) is 4.44. The molecule has 1 aromatic carbocycles. The average Bonchev–Trinajstić information content (AvgIpc) is 3.13. The quantitative estimate of drug-likeness (QED) is 0.491. The summed E-state index contributed by atoms with van der Waals surface area (Å²) in [5.41, 5.74) is 2.31. The molecule has 0 aliphatic carbocycles. The lowest BCUT2D eigenvalue weighted by molar-refractivity contribution is 0.301. The van der Waals surface area contributed by atoms with Gasteiger partial charge in [-0.15, -0.1) is 5.10 Å². The number of benzene rings is 1. The zero-order chi connectivity index (χ0) is 20.4. The van der Waals surface area contributed by atoms with Crippen molar-refractivity contribution in [3.63, 3.8) is 0 Å². The van der Waals surface area contributed by atoms with Crippen molar-refractivity contribution in [2.75, 3.05) is 6.61 Å². The van der Waals surface area contributed by atoms with E-state index in [0.29, 0.717) is 18.0 Å². The van der Waals surface area contributed by atoms with Crippen LogP contribution in [-0.4, -0.2) is 31.3 Å². The number of hydrogen-bond acceptors (Lipinski definition) is 8. The van der Waals surface area contributed by atoms with Crippen molar-refractivity contribution in [2.45, 2.75) is 20.3 Å². The lowest BCUT2D eigenvalue weighted by Crippen LogP contribution is -2.18. The SMILES string of the molecule is CCCOc1nc(Oc2ccc(=O)n(C)n2)nc2oc(-c3cccc(C)c3)nc12. The summed E-state index contributed by atoms with van der Waals surface area (Å²) in [6, 6.07) is 10.6. The second kappa shape index (κ2) is 7.70. The highest BCUT2D eigenvalue weighted by Crippen LogP contribution is 2.30. The summed E-state index contributed by atoms with van der Waals surface area (Å²) in [5.74, 6) is 0.849. The van der Waals surface area contributed by atoms with E-state index in [2.05, 4.69) is 20.1 Å². The van der Waals surface area contributed by atoms with Gasteiger partial charge < -0.3 is 13.9 Å². The van der Waals surface area contributed by atoms with E-state index in [0.717, 1.165) is 22.2 Å². The topological polar surface area (TPSA) is 105 Å². The molecule has 29 heavy (non-hydrogen) atoms. The Kier molecular flexibility index (Phi) is 4.94. The minimum Gasteiger partial charge on any atom is -0.476 e. The van der Waals surface area contributed by atoms with Crippen LogP contribution in [0.5, 0.6) is 17.8 Å². The maximum absolute atomic E-state index is 11.5. The van der Waals surface area contributed by atoms with Crippen molar-refractivity contribution in [3.8, 4) is 29.2 Å². The molecule has 0 aliphatic rings. The van der Waals surface area contributed by atoms with Gasteiger partial charge >= 0.3 is 6.01 Å². The third-order valence-electron chi connectivity index (χ3n) is 4.05. The predicted molar refractivity (Wildman–Crippen MR) is 105 cm³/mol. The first-order valence-electron chi connectivity index (χ1n) is 9.14. The summed E-state index contributed by atoms with van der Waals surface area (Å²) >= 11 is 0. The van der Waals surface area contributed by atoms with Crippen molar-refractivity contribution in [1.82, 2.24) is 24.7 Å². The molecule has 0 unspecified atom stereocenters. The van der Waals surface area contributed by atoms with Gasteiger partial charge in [0.2, 0.25) is 11.8 Å². The van der Waals surface area contributed by atoms with Gasteiger partial charge in [-0.3, -0.25) is 4.79 Å². The van der Waals surface area contributed by atoms with E-state index in [9.17, 15) is 4.79 Å². The molecular weight excluding hydrogens is 374 g/mol. The van der Waals surface area contributed by atoms with Crippen LogP contribution in [0.3, 0.4) is 0 Å². The highest BCUT2D eigenvalue weighted by molar-refractivity contribution is 5.78. The number of fused-ring (bicyclic) bond motifs is 1. The minimum atomic E-state index is -0.251. The second-order valence-corrected chi connectivity index (χ2v) is 6.44. The molecule has 4 rings (SSSR count). The Morgan fingerprint density at radius 3 is 2.76 bits per heavy atom. The summed E-state index contributed by atoms with van der Waals surface area (Å²) < 4.78 is 18.4. The van der Waals surface area contributed by atoms with Crippen molar-refractivity contribution in [3.05, 3.63) is 52.3 Å². The van der Waals surface area contributed by atoms with Crippen molar-refractivity contribution in [1.29, 1.82) is 0 Å². The summed E-state index contributed by atoms with van der Waals surface area (Å²) in [5, 5.41) is 4.02. The van der Waals surface area contributed by atoms with E-state index in [1.54, 1.807) is 0 Å². The highest BCUT2D eigenvalue weighted by Gasteiger charge is 2.19. The standard InChI is InChI=1S/C20H19N5O4/c1-4-10-27-18-16-19(29-17(21-16)13-7-5-6-12(2)11-13)23-20(22-18)28-14-8-9-15(26)25(3)24-14/h5-9,11H,4,10H2,1-3H3. The van der Waals surface area contributed by atoms with Crippen molar-refractivity contribution >= 4 is 11.2 Å². The van der Waals surface area contributed by atoms with Gasteiger partial charge in [-0.05, 0) is 25.5 Å².